The summed E-state index contributed by atoms with van der Waals surface area (Å²) in [6.45, 7) is 0. The molecule has 0 saturated heterocycles. The first-order valence-electron chi connectivity index (χ1n) is 8.01. The Labute approximate surface area is 147 Å². The van der Waals surface area contributed by atoms with Gasteiger partial charge in [-0.3, -0.25) is 0 Å². The zero-order chi connectivity index (χ0) is 19.5. The zero-order valence-corrected chi connectivity index (χ0v) is 14.2. The van der Waals surface area contributed by atoms with Crippen LogP contribution in [0.25, 0.3) is 0 Å². The Bertz CT molecular complexity index is 675. The molecule has 0 bridgehead atoms. The molecule has 0 saturated carbocycles. The SMILES string of the molecule is C[NH2+][C@@H](c1cccc(C(F)(F)F)c1)[C@@H]([NH2+]C)c1cccc(C(F)(F)F)c1. The van der Waals surface area contributed by atoms with Crippen LogP contribution in [0.2, 0.25) is 0 Å². The molecule has 142 valence electrons. The van der Waals surface area contributed by atoms with E-state index in [1.165, 1.54) is 12.1 Å². The van der Waals surface area contributed by atoms with Crippen molar-refractivity contribution in [3.63, 3.8) is 0 Å². The minimum atomic E-state index is -4.48. The second-order valence-electron chi connectivity index (χ2n) is 5.96. The van der Waals surface area contributed by atoms with Crippen molar-refractivity contribution in [2.75, 3.05) is 14.1 Å². The summed E-state index contributed by atoms with van der Waals surface area (Å²) in [6.07, 6.45) is -8.95. The van der Waals surface area contributed by atoms with Crippen molar-refractivity contribution in [3.05, 3.63) is 70.8 Å². The van der Waals surface area contributed by atoms with Crippen molar-refractivity contribution < 1.29 is 37.0 Å². The second kappa shape index (κ2) is 7.67. The summed E-state index contributed by atoms with van der Waals surface area (Å²) in [7, 11) is 3.38. The van der Waals surface area contributed by atoms with Crippen LogP contribution in [0.4, 0.5) is 26.3 Å². The van der Waals surface area contributed by atoms with Crippen molar-refractivity contribution in [2.24, 2.45) is 0 Å². The first kappa shape index (κ1) is 20.3. The summed E-state index contributed by atoms with van der Waals surface area (Å²) in [5.74, 6) is 0. The number of rotatable bonds is 5. The topological polar surface area (TPSA) is 33.2 Å². The normalized spacial score (nSPS) is 14.9. The first-order chi connectivity index (χ1) is 12.1. The molecule has 0 amide bonds. The molecule has 26 heavy (non-hydrogen) atoms. The van der Waals surface area contributed by atoms with Gasteiger partial charge in [0.05, 0.1) is 25.2 Å². The lowest BCUT2D eigenvalue weighted by molar-refractivity contribution is -0.762. The van der Waals surface area contributed by atoms with Gasteiger partial charge in [-0.25, -0.2) is 0 Å². The Morgan fingerprint density at radius 2 is 1.00 bits per heavy atom. The van der Waals surface area contributed by atoms with Crippen molar-refractivity contribution in [2.45, 2.75) is 24.4 Å². The summed E-state index contributed by atoms with van der Waals surface area (Å²) in [4.78, 5) is 0. The van der Waals surface area contributed by atoms with E-state index >= 15 is 0 Å². The van der Waals surface area contributed by atoms with Crippen LogP contribution in [0.3, 0.4) is 0 Å². The molecule has 2 nitrogen and oxygen atoms in total. The van der Waals surface area contributed by atoms with E-state index in [2.05, 4.69) is 0 Å². The fourth-order valence-corrected chi connectivity index (χ4v) is 3.06. The third kappa shape index (κ3) is 4.56. The minimum absolute atomic E-state index is 0.405. The molecule has 2 aromatic carbocycles. The quantitative estimate of drug-likeness (QED) is 0.751. The molecule has 0 radical (unpaired) electrons. The molecule has 0 aliphatic carbocycles. The summed E-state index contributed by atoms with van der Waals surface area (Å²) < 4.78 is 77.9. The summed E-state index contributed by atoms with van der Waals surface area (Å²) in [5.41, 5.74) is -0.743. The highest BCUT2D eigenvalue weighted by Gasteiger charge is 2.36. The summed E-state index contributed by atoms with van der Waals surface area (Å²) >= 11 is 0. The number of halogens is 6. The predicted molar refractivity (Wildman–Crippen MR) is 84.1 cm³/mol. The second-order valence-corrected chi connectivity index (χ2v) is 5.96. The van der Waals surface area contributed by atoms with Gasteiger partial charge in [0.25, 0.3) is 0 Å². The third-order valence-electron chi connectivity index (χ3n) is 4.30. The van der Waals surface area contributed by atoms with Crippen LogP contribution in [0.5, 0.6) is 0 Å². The number of likely N-dealkylation sites (N-methyl/N-ethyl adjacent to an activating group) is 2. The van der Waals surface area contributed by atoms with E-state index in [0.29, 0.717) is 11.1 Å². The van der Waals surface area contributed by atoms with E-state index in [1.54, 1.807) is 36.9 Å². The van der Waals surface area contributed by atoms with Gasteiger partial charge in [0.15, 0.2) is 12.1 Å². The molecule has 2 aromatic rings. The van der Waals surface area contributed by atoms with E-state index in [-0.39, 0.29) is 0 Å². The molecule has 0 unspecified atom stereocenters. The average Bonchev–Trinajstić information content (AvgIpc) is 2.58. The minimum Gasteiger partial charge on any atom is -0.337 e. The van der Waals surface area contributed by atoms with E-state index in [9.17, 15) is 26.3 Å². The fraction of sp³-hybridized carbons (Fsp3) is 0.333. The Morgan fingerprint density at radius 3 is 1.27 bits per heavy atom. The summed E-state index contributed by atoms with van der Waals surface area (Å²) in [6, 6.07) is 8.84. The molecular formula is C18H20F6N2+2. The Hall–Kier alpha value is -2.06. The maximum absolute atomic E-state index is 13.0. The molecule has 0 spiro atoms. The number of benzene rings is 2. The highest BCUT2D eigenvalue weighted by Crippen LogP contribution is 2.34. The Kier molecular flexibility index (Phi) is 5.98. The molecular weight excluding hydrogens is 358 g/mol. The van der Waals surface area contributed by atoms with Crippen LogP contribution in [-0.2, 0) is 12.4 Å². The third-order valence-corrected chi connectivity index (χ3v) is 4.30. The lowest BCUT2D eigenvalue weighted by Gasteiger charge is -2.23. The Morgan fingerprint density at radius 1 is 0.654 bits per heavy atom. The smallest absolute Gasteiger partial charge is 0.337 e. The molecule has 8 heteroatoms. The number of hydrogen-bond acceptors (Lipinski definition) is 0. The first-order valence-corrected chi connectivity index (χ1v) is 8.01. The Balaban J connectivity index is 2.45. The van der Waals surface area contributed by atoms with Gasteiger partial charge in [0, 0.05) is 11.1 Å². The van der Waals surface area contributed by atoms with E-state index in [0.717, 1.165) is 24.3 Å². The van der Waals surface area contributed by atoms with Gasteiger partial charge < -0.3 is 10.6 Å². The van der Waals surface area contributed by atoms with Gasteiger partial charge in [0.1, 0.15) is 0 Å². The van der Waals surface area contributed by atoms with Crippen molar-refractivity contribution in [1.82, 2.24) is 0 Å². The average molecular weight is 378 g/mol. The molecule has 0 heterocycles. The van der Waals surface area contributed by atoms with Gasteiger partial charge in [0.2, 0.25) is 0 Å². The number of hydrogen-bond donors (Lipinski definition) is 2. The predicted octanol–water partition coefficient (Wildman–Crippen LogP) is 2.89. The van der Waals surface area contributed by atoms with Crippen LogP contribution in [0.1, 0.15) is 34.3 Å². The monoisotopic (exact) mass is 378 g/mol. The molecule has 2 rings (SSSR count). The van der Waals surface area contributed by atoms with Crippen LogP contribution in [0, 0.1) is 0 Å². The number of nitrogens with two attached hydrogens (primary N) is 2. The van der Waals surface area contributed by atoms with E-state index in [4.69, 9.17) is 0 Å². The molecule has 2 atom stereocenters. The molecule has 0 aliphatic rings. The van der Waals surface area contributed by atoms with Gasteiger partial charge in [-0.05, 0) is 24.3 Å². The highest BCUT2D eigenvalue weighted by molar-refractivity contribution is 5.32. The number of quaternary nitrogens is 2. The standard InChI is InChI=1S/C18H18F6N2/c1-25-15(11-5-3-7-13(9-11)17(19,20)21)16(26-2)12-6-4-8-14(10-12)18(22,23)24/h3-10,15-16,25-26H,1-2H3/p+2/t15-,16-/m0/s1. The van der Waals surface area contributed by atoms with Gasteiger partial charge in [-0.2, -0.15) is 26.3 Å². The van der Waals surface area contributed by atoms with Crippen LogP contribution in [0.15, 0.2) is 48.5 Å². The van der Waals surface area contributed by atoms with Crippen molar-refractivity contribution >= 4 is 0 Å². The van der Waals surface area contributed by atoms with Crippen LogP contribution < -0.4 is 10.6 Å². The van der Waals surface area contributed by atoms with Crippen LogP contribution >= 0.6 is 0 Å². The molecule has 4 N–H and O–H groups in total. The number of alkyl halides is 6. The lowest BCUT2D eigenvalue weighted by atomic mass is 9.91. The maximum Gasteiger partial charge on any atom is 0.416 e. The van der Waals surface area contributed by atoms with Crippen LogP contribution in [-0.4, -0.2) is 14.1 Å². The van der Waals surface area contributed by atoms with Gasteiger partial charge in [-0.15, -0.1) is 0 Å². The van der Waals surface area contributed by atoms with E-state index in [1.807, 2.05) is 0 Å². The van der Waals surface area contributed by atoms with Crippen molar-refractivity contribution in [1.29, 1.82) is 0 Å². The van der Waals surface area contributed by atoms with Gasteiger partial charge >= 0.3 is 12.4 Å². The van der Waals surface area contributed by atoms with Gasteiger partial charge in [-0.1, -0.05) is 24.3 Å². The fourth-order valence-electron chi connectivity index (χ4n) is 3.06. The maximum atomic E-state index is 13.0. The summed E-state index contributed by atoms with van der Waals surface area (Å²) in [5, 5.41) is 3.42. The largest absolute Gasteiger partial charge is 0.416 e. The van der Waals surface area contributed by atoms with Crippen molar-refractivity contribution in [3.8, 4) is 0 Å². The van der Waals surface area contributed by atoms with E-state index < -0.39 is 35.6 Å². The highest BCUT2D eigenvalue weighted by atomic mass is 19.4. The molecule has 0 aliphatic heterocycles. The zero-order valence-electron chi connectivity index (χ0n) is 14.2. The molecule has 0 fully saturated rings. The molecule has 0 aromatic heterocycles. The lowest BCUT2D eigenvalue weighted by Crippen LogP contribution is -2.92.